The fourth-order valence-electron chi connectivity index (χ4n) is 4.81. The molecular weight excluding hydrogens is 382 g/mol. The Morgan fingerprint density at radius 1 is 1.00 bits per heavy atom. The molecule has 1 heterocycles. The van der Waals surface area contributed by atoms with Crippen molar-refractivity contribution in [2.24, 2.45) is 5.41 Å². The second-order valence-electron chi connectivity index (χ2n) is 8.28. The maximum absolute atomic E-state index is 10.8. The van der Waals surface area contributed by atoms with E-state index in [1.54, 1.807) is 0 Å². The maximum atomic E-state index is 10.8. The van der Waals surface area contributed by atoms with Gasteiger partial charge >= 0.3 is 5.97 Å². The molecule has 0 bridgehead atoms. The number of hydrogen-bond donors (Lipinski definition) is 1. The van der Waals surface area contributed by atoms with Crippen LogP contribution in [0.1, 0.15) is 30.4 Å². The maximum Gasteiger partial charge on any atom is 0.303 e. The van der Waals surface area contributed by atoms with Crippen molar-refractivity contribution < 1.29 is 9.90 Å². The number of aliphatic carboxylic acids is 1. The van der Waals surface area contributed by atoms with Crippen molar-refractivity contribution in [2.75, 3.05) is 4.90 Å². The first-order valence-electron chi connectivity index (χ1n) is 10.8. The lowest BCUT2D eigenvalue weighted by Gasteiger charge is -2.37. The summed E-state index contributed by atoms with van der Waals surface area (Å²) in [5.41, 5.74) is 7.18. The van der Waals surface area contributed by atoms with Crippen LogP contribution >= 0.6 is 0 Å². The van der Waals surface area contributed by atoms with Gasteiger partial charge < -0.3 is 10.0 Å². The van der Waals surface area contributed by atoms with Gasteiger partial charge in [0.25, 0.3) is 0 Å². The van der Waals surface area contributed by atoms with Gasteiger partial charge in [-0.25, -0.2) is 0 Å². The molecule has 0 saturated carbocycles. The Labute approximate surface area is 183 Å². The molecule has 2 aliphatic carbocycles. The molecule has 1 aliphatic heterocycles. The average molecular weight is 408 g/mol. The van der Waals surface area contributed by atoms with E-state index in [1.165, 1.54) is 28.1 Å². The fourth-order valence-corrected chi connectivity index (χ4v) is 4.81. The van der Waals surface area contributed by atoms with Crippen molar-refractivity contribution in [3.05, 3.63) is 120 Å². The summed E-state index contributed by atoms with van der Waals surface area (Å²) in [6.07, 6.45) is 18.3. The van der Waals surface area contributed by atoms with Gasteiger partial charge in [-0.3, -0.25) is 4.79 Å². The lowest BCUT2D eigenvalue weighted by molar-refractivity contribution is -0.137. The third-order valence-electron chi connectivity index (χ3n) is 6.34. The molecule has 3 aliphatic rings. The molecule has 1 N–H and O–H groups in total. The Bertz CT molecular complexity index is 1150. The van der Waals surface area contributed by atoms with Crippen molar-refractivity contribution in [1.82, 2.24) is 0 Å². The standard InChI is InChI=1S/C28H25NO2/c30-27(31)14-6-8-21-15-17-24(18-16-21)29-25(22-9-2-1-3-10-22)20-28-19-5-4-11-23(28)12-7-13-26(28)29/h1-5,7,9-13,15-18,20H,6,8,14,19H2,(H,30,31). The number of carboxylic acids is 1. The van der Waals surface area contributed by atoms with Crippen molar-refractivity contribution in [1.29, 1.82) is 0 Å². The fraction of sp³-hybridized carbons (Fsp3) is 0.179. The van der Waals surface area contributed by atoms with Crippen LogP contribution in [-0.4, -0.2) is 11.1 Å². The Kier molecular flexibility index (Phi) is 4.95. The van der Waals surface area contributed by atoms with Crippen molar-refractivity contribution in [3.63, 3.8) is 0 Å². The molecule has 5 rings (SSSR count). The first kappa shape index (κ1) is 19.4. The predicted octanol–water partition coefficient (Wildman–Crippen LogP) is 6.28. The minimum atomic E-state index is -0.737. The number of carbonyl (C=O) groups is 1. The highest BCUT2D eigenvalue weighted by Crippen LogP contribution is 2.55. The first-order chi connectivity index (χ1) is 15.2. The molecule has 0 saturated heterocycles. The SMILES string of the molecule is O=C(O)CCCc1ccc(N2C(c3ccccc3)=CC34CC=CC=C3C=CC=C24)cc1. The number of hydrogen-bond acceptors (Lipinski definition) is 2. The summed E-state index contributed by atoms with van der Waals surface area (Å²) >= 11 is 0. The topological polar surface area (TPSA) is 40.5 Å². The molecule has 1 unspecified atom stereocenters. The van der Waals surface area contributed by atoms with E-state index in [0.717, 1.165) is 18.5 Å². The zero-order chi connectivity index (χ0) is 21.3. The van der Waals surface area contributed by atoms with Crippen molar-refractivity contribution in [3.8, 4) is 0 Å². The number of benzene rings is 2. The number of carboxylic acid groups (broad SMARTS) is 1. The minimum absolute atomic E-state index is 0.130. The Hall–Kier alpha value is -3.59. The first-order valence-corrected chi connectivity index (χ1v) is 10.8. The number of anilines is 1. The van der Waals surface area contributed by atoms with E-state index in [1.807, 2.05) is 0 Å². The minimum Gasteiger partial charge on any atom is -0.481 e. The zero-order valence-electron chi connectivity index (χ0n) is 17.4. The Morgan fingerprint density at radius 3 is 2.58 bits per heavy atom. The zero-order valence-corrected chi connectivity index (χ0v) is 17.4. The van der Waals surface area contributed by atoms with Crippen LogP contribution in [0.25, 0.3) is 5.70 Å². The van der Waals surface area contributed by atoms with Crippen molar-refractivity contribution >= 4 is 17.4 Å². The van der Waals surface area contributed by atoms with E-state index in [0.29, 0.717) is 6.42 Å². The highest BCUT2D eigenvalue weighted by Gasteiger charge is 2.46. The monoisotopic (exact) mass is 407 g/mol. The van der Waals surface area contributed by atoms with E-state index >= 15 is 0 Å². The number of allylic oxidation sites excluding steroid dienone is 7. The summed E-state index contributed by atoms with van der Waals surface area (Å²) in [5, 5.41) is 8.89. The van der Waals surface area contributed by atoms with Crippen LogP contribution in [0.15, 0.2) is 108 Å². The molecule has 1 atom stereocenters. The van der Waals surface area contributed by atoms with E-state index < -0.39 is 5.97 Å². The van der Waals surface area contributed by atoms with E-state index in [4.69, 9.17) is 5.11 Å². The van der Waals surface area contributed by atoms with Gasteiger partial charge in [0.15, 0.2) is 0 Å². The summed E-state index contributed by atoms with van der Waals surface area (Å²) in [7, 11) is 0. The molecule has 1 spiro atoms. The quantitative estimate of drug-likeness (QED) is 0.612. The van der Waals surface area contributed by atoms with Crippen LogP contribution < -0.4 is 4.90 Å². The number of aryl methyl sites for hydroxylation is 1. The molecule has 0 radical (unpaired) electrons. The van der Waals surface area contributed by atoms with Crippen LogP contribution in [0, 0.1) is 5.41 Å². The molecule has 3 nitrogen and oxygen atoms in total. The van der Waals surface area contributed by atoms with Crippen molar-refractivity contribution in [2.45, 2.75) is 25.7 Å². The third-order valence-corrected chi connectivity index (χ3v) is 6.34. The summed E-state index contributed by atoms with van der Waals surface area (Å²) < 4.78 is 0. The predicted molar refractivity (Wildman–Crippen MR) is 125 cm³/mol. The third kappa shape index (κ3) is 3.46. The van der Waals surface area contributed by atoms with Gasteiger partial charge in [-0.05, 0) is 60.2 Å². The molecule has 0 fully saturated rings. The molecule has 0 aromatic heterocycles. The average Bonchev–Trinajstić information content (AvgIpc) is 3.14. The molecule has 31 heavy (non-hydrogen) atoms. The highest BCUT2D eigenvalue weighted by molar-refractivity contribution is 5.90. The van der Waals surface area contributed by atoms with Crippen LogP contribution in [0.4, 0.5) is 5.69 Å². The van der Waals surface area contributed by atoms with Crippen LogP contribution in [0.2, 0.25) is 0 Å². The largest absolute Gasteiger partial charge is 0.481 e. The normalized spacial score (nSPS) is 21.2. The van der Waals surface area contributed by atoms with E-state index in [-0.39, 0.29) is 11.8 Å². The Morgan fingerprint density at radius 2 is 1.81 bits per heavy atom. The van der Waals surface area contributed by atoms with Crippen LogP contribution in [0.3, 0.4) is 0 Å². The molecule has 2 aromatic rings. The summed E-state index contributed by atoms with van der Waals surface area (Å²) in [6.45, 7) is 0. The molecule has 3 heteroatoms. The number of nitrogens with zero attached hydrogens (tertiary/aromatic N) is 1. The van der Waals surface area contributed by atoms with Crippen LogP contribution in [0.5, 0.6) is 0 Å². The highest BCUT2D eigenvalue weighted by atomic mass is 16.4. The van der Waals surface area contributed by atoms with Gasteiger partial charge in [-0.15, -0.1) is 0 Å². The smallest absolute Gasteiger partial charge is 0.303 e. The number of rotatable bonds is 6. The summed E-state index contributed by atoms with van der Waals surface area (Å²) in [4.78, 5) is 13.2. The molecule has 0 amide bonds. The lowest BCUT2D eigenvalue weighted by Crippen LogP contribution is -2.29. The van der Waals surface area contributed by atoms with E-state index in [2.05, 4.69) is 102 Å². The van der Waals surface area contributed by atoms with Gasteiger partial charge in [0.2, 0.25) is 0 Å². The van der Waals surface area contributed by atoms with E-state index in [9.17, 15) is 4.79 Å². The second kappa shape index (κ2) is 7.92. The van der Waals surface area contributed by atoms with Gasteiger partial charge in [-0.2, -0.15) is 0 Å². The van der Waals surface area contributed by atoms with Gasteiger partial charge in [-0.1, -0.05) is 72.8 Å². The van der Waals surface area contributed by atoms with Gasteiger partial charge in [0.05, 0.1) is 11.1 Å². The summed E-state index contributed by atoms with van der Waals surface area (Å²) in [5.74, 6) is -0.737. The molecular formula is C28H25NO2. The Balaban J connectivity index is 1.53. The lowest BCUT2D eigenvalue weighted by atomic mass is 9.71. The summed E-state index contributed by atoms with van der Waals surface area (Å²) in [6, 6.07) is 19.1. The van der Waals surface area contributed by atoms with Crippen LogP contribution in [-0.2, 0) is 11.2 Å². The second-order valence-corrected chi connectivity index (χ2v) is 8.28. The molecule has 154 valence electrons. The van der Waals surface area contributed by atoms with Gasteiger partial charge in [0, 0.05) is 17.8 Å². The molecule has 2 aromatic carbocycles. The van der Waals surface area contributed by atoms with Gasteiger partial charge in [0.1, 0.15) is 0 Å².